The average molecular weight is 272 g/mol. The summed E-state index contributed by atoms with van der Waals surface area (Å²) in [4.78, 5) is 12.7. The van der Waals surface area contributed by atoms with Gasteiger partial charge >= 0.3 is 0 Å². The van der Waals surface area contributed by atoms with Crippen molar-refractivity contribution in [1.29, 1.82) is 0 Å². The van der Waals surface area contributed by atoms with Gasteiger partial charge in [0.25, 0.3) is 5.91 Å². The van der Waals surface area contributed by atoms with E-state index in [2.05, 4.69) is 24.3 Å². The van der Waals surface area contributed by atoms with E-state index in [-0.39, 0.29) is 0 Å². The highest BCUT2D eigenvalue weighted by atomic mass is 32.1. The second-order valence-electron chi connectivity index (χ2n) is 4.96. The lowest BCUT2D eigenvalue weighted by Gasteiger charge is -2.22. The van der Waals surface area contributed by atoms with E-state index in [0.717, 1.165) is 24.8 Å². The molecule has 0 aliphatic heterocycles. The molecule has 0 saturated heterocycles. The number of carbonyl (C=O) groups is 1. The number of amides is 1. The van der Waals surface area contributed by atoms with E-state index in [1.165, 1.54) is 21.8 Å². The summed E-state index contributed by atoms with van der Waals surface area (Å²) in [5, 5.41) is 0.575. The Kier molecular flexibility index (Phi) is 3.03. The molecule has 0 bridgehead atoms. The maximum Gasteiger partial charge on any atom is 0.251 e. The van der Waals surface area contributed by atoms with Crippen molar-refractivity contribution < 1.29 is 4.79 Å². The number of nitrogen functional groups attached to an aromatic ring is 1. The number of fused-ring (bicyclic) bond motifs is 1. The fourth-order valence-electron chi connectivity index (χ4n) is 2.89. The molecule has 0 spiro atoms. The normalized spacial score (nSPS) is 18.0. The number of carbonyl (C=O) groups excluding carboxylic acids is 1. The van der Waals surface area contributed by atoms with Crippen LogP contribution in [0.15, 0.2) is 30.3 Å². The van der Waals surface area contributed by atoms with Crippen molar-refractivity contribution in [3.8, 4) is 0 Å². The van der Waals surface area contributed by atoms with Gasteiger partial charge in [-0.05, 0) is 36.3 Å². The molecule has 0 unspecified atom stereocenters. The molecule has 3 rings (SSSR count). The molecule has 0 radical (unpaired) electrons. The number of nitrogens with two attached hydrogens (primary N) is 2. The van der Waals surface area contributed by atoms with E-state index < -0.39 is 5.91 Å². The van der Waals surface area contributed by atoms with Gasteiger partial charge in [-0.2, -0.15) is 0 Å². The lowest BCUT2D eigenvalue weighted by molar-refractivity contribution is 0.100. The molecular weight excluding hydrogens is 256 g/mol. The molecule has 1 aromatic carbocycles. The molecular formula is C15H16N2OS. The van der Waals surface area contributed by atoms with Crippen molar-refractivity contribution in [2.45, 2.75) is 25.2 Å². The van der Waals surface area contributed by atoms with Crippen molar-refractivity contribution in [3.05, 3.63) is 51.9 Å². The summed E-state index contributed by atoms with van der Waals surface area (Å²) >= 11 is 1.52. The van der Waals surface area contributed by atoms with Crippen LogP contribution in [0.1, 0.15) is 38.7 Å². The SMILES string of the molecule is NC(=O)c1c(N)sc2c1CC[C@@H](c1ccccc1)C2. The summed E-state index contributed by atoms with van der Waals surface area (Å²) in [7, 11) is 0. The van der Waals surface area contributed by atoms with E-state index in [0.29, 0.717) is 16.5 Å². The molecule has 2 aromatic rings. The average Bonchev–Trinajstić information content (AvgIpc) is 2.74. The van der Waals surface area contributed by atoms with Crippen LogP contribution < -0.4 is 11.5 Å². The van der Waals surface area contributed by atoms with Crippen LogP contribution in [0.2, 0.25) is 0 Å². The molecule has 0 fully saturated rings. The topological polar surface area (TPSA) is 69.1 Å². The third kappa shape index (κ3) is 2.12. The second kappa shape index (κ2) is 4.70. The van der Waals surface area contributed by atoms with Gasteiger partial charge in [-0.25, -0.2) is 0 Å². The maximum atomic E-state index is 11.5. The number of primary amides is 1. The Morgan fingerprint density at radius 2 is 2.00 bits per heavy atom. The molecule has 4 N–H and O–H groups in total. The Bertz CT molecular complexity index is 619. The Labute approximate surface area is 116 Å². The monoisotopic (exact) mass is 272 g/mol. The van der Waals surface area contributed by atoms with Gasteiger partial charge in [-0.1, -0.05) is 30.3 Å². The van der Waals surface area contributed by atoms with E-state index in [1.54, 1.807) is 0 Å². The van der Waals surface area contributed by atoms with Crippen molar-refractivity contribution in [2.75, 3.05) is 5.73 Å². The van der Waals surface area contributed by atoms with E-state index >= 15 is 0 Å². The Balaban J connectivity index is 1.94. The maximum absolute atomic E-state index is 11.5. The van der Waals surface area contributed by atoms with E-state index in [9.17, 15) is 4.79 Å². The molecule has 1 amide bonds. The first-order valence-corrected chi connectivity index (χ1v) is 7.23. The van der Waals surface area contributed by atoms with Crippen LogP contribution in [-0.4, -0.2) is 5.91 Å². The van der Waals surface area contributed by atoms with E-state index in [1.807, 2.05) is 6.07 Å². The van der Waals surface area contributed by atoms with Crippen molar-refractivity contribution in [2.24, 2.45) is 5.73 Å². The number of thiophene rings is 1. The largest absolute Gasteiger partial charge is 0.390 e. The van der Waals surface area contributed by atoms with Crippen LogP contribution in [-0.2, 0) is 12.8 Å². The predicted molar refractivity (Wildman–Crippen MR) is 78.5 cm³/mol. The molecule has 0 saturated carbocycles. The zero-order valence-electron chi connectivity index (χ0n) is 10.6. The molecule has 98 valence electrons. The standard InChI is InChI=1S/C15H16N2OS/c16-14(18)13-11-7-6-10(8-12(11)19-15(13)17)9-4-2-1-3-5-9/h1-5,10H,6-8,17H2,(H2,16,18)/t10-/m1/s1. The summed E-state index contributed by atoms with van der Waals surface area (Å²) < 4.78 is 0. The highest BCUT2D eigenvalue weighted by Gasteiger charge is 2.27. The molecule has 3 nitrogen and oxygen atoms in total. The zero-order chi connectivity index (χ0) is 13.4. The van der Waals surface area contributed by atoms with Gasteiger partial charge in [0, 0.05) is 4.88 Å². The summed E-state index contributed by atoms with van der Waals surface area (Å²) in [6.45, 7) is 0. The van der Waals surface area contributed by atoms with Gasteiger partial charge in [-0.15, -0.1) is 11.3 Å². The first kappa shape index (κ1) is 12.2. The minimum Gasteiger partial charge on any atom is -0.390 e. The Hall–Kier alpha value is -1.81. The second-order valence-corrected chi connectivity index (χ2v) is 6.09. The highest BCUT2D eigenvalue weighted by Crippen LogP contribution is 2.40. The van der Waals surface area contributed by atoms with Crippen molar-refractivity contribution in [1.82, 2.24) is 0 Å². The highest BCUT2D eigenvalue weighted by molar-refractivity contribution is 7.16. The van der Waals surface area contributed by atoms with Gasteiger partial charge in [0.2, 0.25) is 0 Å². The summed E-state index contributed by atoms with van der Waals surface area (Å²) in [6.07, 6.45) is 2.90. The number of rotatable bonds is 2. The quantitative estimate of drug-likeness (QED) is 0.882. The third-order valence-electron chi connectivity index (χ3n) is 3.81. The van der Waals surface area contributed by atoms with Gasteiger partial charge in [0.15, 0.2) is 0 Å². The fraction of sp³-hybridized carbons (Fsp3) is 0.267. The van der Waals surface area contributed by atoms with Crippen molar-refractivity contribution >= 4 is 22.2 Å². The van der Waals surface area contributed by atoms with Crippen LogP contribution in [0.5, 0.6) is 0 Å². The lowest BCUT2D eigenvalue weighted by atomic mass is 9.83. The molecule has 1 heterocycles. The van der Waals surface area contributed by atoms with Crippen molar-refractivity contribution in [3.63, 3.8) is 0 Å². The number of anilines is 1. The molecule has 1 aromatic heterocycles. The minimum absolute atomic E-state index is 0.395. The van der Waals surface area contributed by atoms with Crippen LogP contribution >= 0.6 is 11.3 Å². The van der Waals surface area contributed by atoms with Crippen LogP contribution in [0.4, 0.5) is 5.00 Å². The third-order valence-corrected chi connectivity index (χ3v) is 4.89. The smallest absolute Gasteiger partial charge is 0.251 e. The van der Waals surface area contributed by atoms with E-state index in [4.69, 9.17) is 11.5 Å². The Morgan fingerprint density at radius 3 is 2.68 bits per heavy atom. The predicted octanol–water partition coefficient (Wildman–Crippen LogP) is 2.70. The molecule has 1 aliphatic rings. The number of benzene rings is 1. The zero-order valence-corrected chi connectivity index (χ0v) is 11.4. The minimum atomic E-state index is -0.395. The first-order chi connectivity index (χ1) is 9.16. The Morgan fingerprint density at radius 1 is 1.26 bits per heavy atom. The molecule has 1 atom stereocenters. The van der Waals surface area contributed by atoms with Gasteiger partial charge in [0.1, 0.15) is 0 Å². The molecule has 1 aliphatic carbocycles. The summed E-state index contributed by atoms with van der Waals surface area (Å²) in [5.41, 5.74) is 14.3. The van der Waals surface area contributed by atoms with Crippen LogP contribution in [0.3, 0.4) is 0 Å². The molecule has 19 heavy (non-hydrogen) atoms. The lowest BCUT2D eigenvalue weighted by Crippen LogP contribution is -2.17. The van der Waals surface area contributed by atoms with Crippen LogP contribution in [0.25, 0.3) is 0 Å². The first-order valence-electron chi connectivity index (χ1n) is 6.41. The number of hydrogen-bond acceptors (Lipinski definition) is 3. The fourth-order valence-corrected chi connectivity index (χ4v) is 4.09. The van der Waals surface area contributed by atoms with Gasteiger partial charge in [-0.3, -0.25) is 4.79 Å². The van der Waals surface area contributed by atoms with Gasteiger partial charge < -0.3 is 11.5 Å². The number of hydrogen-bond donors (Lipinski definition) is 2. The summed E-state index contributed by atoms with van der Waals surface area (Å²) in [5.74, 6) is 0.126. The molecule has 4 heteroatoms. The van der Waals surface area contributed by atoms with Crippen LogP contribution in [0, 0.1) is 0 Å². The summed E-state index contributed by atoms with van der Waals surface area (Å²) in [6, 6.07) is 10.5. The van der Waals surface area contributed by atoms with Gasteiger partial charge in [0.05, 0.1) is 10.6 Å².